The fraction of sp³-hybridized carbons (Fsp3) is 0.350. The van der Waals surface area contributed by atoms with Gasteiger partial charge in [0.15, 0.2) is 0 Å². The van der Waals surface area contributed by atoms with Gasteiger partial charge in [-0.15, -0.1) is 0 Å². The molecule has 1 aliphatic heterocycles. The van der Waals surface area contributed by atoms with E-state index in [1.54, 1.807) is 0 Å². The lowest BCUT2D eigenvalue weighted by Crippen LogP contribution is -2.35. The third-order valence-electron chi connectivity index (χ3n) is 4.43. The van der Waals surface area contributed by atoms with Crippen molar-refractivity contribution in [2.75, 3.05) is 19.6 Å². The molecule has 5 heteroatoms. The lowest BCUT2D eigenvalue weighted by Gasteiger charge is -2.25. The van der Waals surface area contributed by atoms with E-state index in [2.05, 4.69) is 17.0 Å². The summed E-state index contributed by atoms with van der Waals surface area (Å²) in [4.78, 5) is 7.80. The van der Waals surface area contributed by atoms with E-state index in [9.17, 15) is 5.11 Å². The smallest absolute Gasteiger partial charge is 0.145 e. The van der Waals surface area contributed by atoms with Crippen molar-refractivity contribution in [3.8, 4) is 0 Å². The van der Waals surface area contributed by atoms with Gasteiger partial charge in [0.1, 0.15) is 6.10 Å². The second-order valence-corrected chi connectivity index (χ2v) is 6.69. The molecule has 1 N–H and O–H groups in total. The number of aliphatic hydroxyl groups excluding tert-OH is 1. The second-order valence-electron chi connectivity index (χ2n) is 6.26. The molecule has 0 aromatic heterocycles. The van der Waals surface area contributed by atoms with E-state index in [0.717, 1.165) is 36.3 Å². The van der Waals surface area contributed by atoms with Gasteiger partial charge in [-0.3, -0.25) is 4.90 Å². The quantitative estimate of drug-likeness (QED) is 0.816. The van der Waals surface area contributed by atoms with Gasteiger partial charge in [0.25, 0.3) is 0 Å². The highest BCUT2D eigenvalue weighted by molar-refractivity contribution is 6.30. The molecular weight excluding hydrogens is 336 g/mol. The minimum Gasteiger partial charge on any atom is -0.390 e. The number of likely N-dealkylation sites (N-methyl/N-ethyl adjacent to an activating group) is 1. The van der Waals surface area contributed by atoms with E-state index < -0.39 is 6.10 Å². The first-order valence-corrected chi connectivity index (χ1v) is 8.97. The normalized spacial score (nSPS) is 18.1. The van der Waals surface area contributed by atoms with E-state index in [1.807, 2.05) is 54.6 Å². The van der Waals surface area contributed by atoms with Crippen LogP contribution in [0.5, 0.6) is 0 Å². The first kappa shape index (κ1) is 17.9. The molecule has 0 bridgehead atoms. The van der Waals surface area contributed by atoms with Crippen LogP contribution in [-0.2, 0) is 4.84 Å². The monoisotopic (exact) mass is 358 g/mol. The van der Waals surface area contributed by atoms with E-state index in [-0.39, 0.29) is 6.10 Å². The van der Waals surface area contributed by atoms with Crippen molar-refractivity contribution in [2.45, 2.75) is 25.6 Å². The molecular formula is C20H23ClN2O2. The lowest BCUT2D eigenvalue weighted by molar-refractivity contribution is 0.0366. The van der Waals surface area contributed by atoms with Crippen LogP contribution >= 0.6 is 11.6 Å². The first-order chi connectivity index (χ1) is 12.2. The number of rotatable bonds is 7. The van der Waals surface area contributed by atoms with Crippen LogP contribution in [0.2, 0.25) is 5.02 Å². The molecule has 0 saturated carbocycles. The number of benzene rings is 2. The van der Waals surface area contributed by atoms with Crippen LogP contribution in [0, 0.1) is 0 Å². The van der Waals surface area contributed by atoms with Crippen LogP contribution in [0.1, 0.15) is 30.6 Å². The number of hydrogen-bond donors (Lipinski definition) is 1. The molecule has 1 heterocycles. The third-order valence-corrected chi connectivity index (χ3v) is 4.69. The van der Waals surface area contributed by atoms with Crippen LogP contribution in [0.3, 0.4) is 0 Å². The standard InChI is InChI=1S/C20H23ClN2O2/c1-2-23(14-20(24)16-6-4-3-5-7-16)13-18-12-19(22-25-18)15-8-10-17(21)11-9-15/h3-11,18,20,24H,2,12-14H2,1H3/t18-,20-/m1/s1. The van der Waals surface area contributed by atoms with Crippen molar-refractivity contribution in [1.82, 2.24) is 4.90 Å². The Hall–Kier alpha value is -1.88. The Balaban J connectivity index is 1.54. The average molecular weight is 359 g/mol. The van der Waals surface area contributed by atoms with Gasteiger partial charge in [-0.1, -0.05) is 66.1 Å². The summed E-state index contributed by atoms with van der Waals surface area (Å²) in [6, 6.07) is 17.4. The van der Waals surface area contributed by atoms with E-state index in [1.165, 1.54) is 0 Å². The van der Waals surface area contributed by atoms with Crippen LogP contribution in [0.4, 0.5) is 0 Å². The number of oxime groups is 1. The summed E-state index contributed by atoms with van der Waals surface area (Å²) in [6.07, 6.45) is 0.271. The summed E-state index contributed by atoms with van der Waals surface area (Å²) < 4.78 is 0. The maximum atomic E-state index is 10.4. The molecule has 3 rings (SSSR count). The fourth-order valence-corrected chi connectivity index (χ4v) is 3.11. The van der Waals surface area contributed by atoms with Crippen molar-refractivity contribution in [1.29, 1.82) is 0 Å². The van der Waals surface area contributed by atoms with Gasteiger partial charge in [-0.05, 0) is 29.8 Å². The summed E-state index contributed by atoms with van der Waals surface area (Å²) in [7, 11) is 0. The van der Waals surface area contributed by atoms with Gasteiger partial charge in [0.2, 0.25) is 0 Å². The van der Waals surface area contributed by atoms with Crippen LogP contribution in [0.15, 0.2) is 59.8 Å². The van der Waals surface area contributed by atoms with Crippen molar-refractivity contribution in [3.63, 3.8) is 0 Å². The van der Waals surface area contributed by atoms with Gasteiger partial charge in [0.05, 0.1) is 11.8 Å². The van der Waals surface area contributed by atoms with Gasteiger partial charge in [-0.2, -0.15) is 0 Å². The molecule has 1 aliphatic rings. The molecule has 0 spiro atoms. The molecule has 0 aliphatic carbocycles. The zero-order valence-electron chi connectivity index (χ0n) is 14.3. The van der Waals surface area contributed by atoms with Crippen LogP contribution < -0.4 is 0 Å². The van der Waals surface area contributed by atoms with Gasteiger partial charge >= 0.3 is 0 Å². The topological polar surface area (TPSA) is 45.1 Å². The molecule has 0 radical (unpaired) electrons. The summed E-state index contributed by atoms with van der Waals surface area (Å²) in [6.45, 7) is 4.26. The number of hydrogen-bond acceptors (Lipinski definition) is 4. The number of nitrogens with zero attached hydrogens (tertiary/aromatic N) is 2. The minimum atomic E-state index is -0.501. The molecule has 2 aromatic carbocycles. The minimum absolute atomic E-state index is 0.00796. The van der Waals surface area contributed by atoms with E-state index >= 15 is 0 Å². The Kier molecular flexibility index (Phi) is 6.08. The lowest BCUT2D eigenvalue weighted by atomic mass is 10.0. The van der Waals surface area contributed by atoms with Crippen molar-refractivity contribution < 1.29 is 9.94 Å². The SMILES string of the molecule is CCN(C[C@H]1CC(c2ccc(Cl)cc2)=NO1)C[C@@H](O)c1ccccc1. The average Bonchev–Trinajstić information content (AvgIpc) is 3.11. The molecule has 25 heavy (non-hydrogen) atoms. The maximum absolute atomic E-state index is 10.4. The Morgan fingerprint density at radius 3 is 2.60 bits per heavy atom. The van der Waals surface area contributed by atoms with Gasteiger partial charge in [0, 0.05) is 24.5 Å². The predicted molar refractivity (Wildman–Crippen MR) is 101 cm³/mol. The Morgan fingerprint density at radius 1 is 1.20 bits per heavy atom. The predicted octanol–water partition coefficient (Wildman–Crippen LogP) is 3.89. The number of aliphatic hydroxyl groups is 1. The summed E-state index contributed by atoms with van der Waals surface area (Å²) in [5.41, 5.74) is 2.92. The van der Waals surface area contributed by atoms with Crippen molar-refractivity contribution >= 4 is 17.3 Å². The number of halogens is 1. The summed E-state index contributed by atoms with van der Waals surface area (Å²) in [5, 5.41) is 15.4. The third kappa shape index (κ3) is 4.82. The highest BCUT2D eigenvalue weighted by Gasteiger charge is 2.25. The second kappa shape index (κ2) is 8.48. The Bertz CT molecular complexity index is 703. The molecule has 132 valence electrons. The maximum Gasteiger partial charge on any atom is 0.145 e. The summed E-state index contributed by atoms with van der Waals surface area (Å²) >= 11 is 5.93. The zero-order valence-corrected chi connectivity index (χ0v) is 15.1. The highest BCUT2D eigenvalue weighted by atomic mass is 35.5. The first-order valence-electron chi connectivity index (χ1n) is 8.59. The highest BCUT2D eigenvalue weighted by Crippen LogP contribution is 2.20. The van der Waals surface area contributed by atoms with Crippen molar-refractivity contribution in [3.05, 3.63) is 70.7 Å². The molecule has 0 saturated heterocycles. The molecule has 0 unspecified atom stereocenters. The van der Waals surface area contributed by atoms with Gasteiger partial charge < -0.3 is 9.94 Å². The van der Waals surface area contributed by atoms with Crippen LogP contribution in [-0.4, -0.2) is 41.5 Å². The van der Waals surface area contributed by atoms with E-state index in [4.69, 9.17) is 16.4 Å². The zero-order chi connectivity index (χ0) is 17.6. The fourth-order valence-electron chi connectivity index (χ4n) is 2.98. The largest absolute Gasteiger partial charge is 0.390 e. The van der Waals surface area contributed by atoms with E-state index in [0.29, 0.717) is 11.6 Å². The van der Waals surface area contributed by atoms with Gasteiger partial charge in [-0.25, -0.2) is 0 Å². The molecule has 2 atom stereocenters. The Labute approximate surface area is 153 Å². The molecule has 2 aromatic rings. The Morgan fingerprint density at radius 2 is 1.92 bits per heavy atom. The van der Waals surface area contributed by atoms with Crippen molar-refractivity contribution in [2.24, 2.45) is 5.16 Å². The summed E-state index contributed by atoms with van der Waals surface area (Å²) in [5.74, 6) is 0. The molecule has 4 nitrogen and oxygen atoms in total. The molecule has 0 amide bonds. The molecule has 0 fully saturated rings. The van der Waals surface area contributed by atoms with Crippen LogP contribution in [0.25, 0.3) is 0 Å².